The second-order valence-electron chi connectivity index (χ2n) is 4.39. The topological polar surface area (TPSA) is 54.0 Å². The first kappa shape index (κ1) is 14.5. The molecule has 1 aromatic heterocycles. The molecule has 4 nitrogen and oxygen atoms in total. The zero-order chi connectivity index (χ0) is 14.4. The predicted octanol–water partition coefficient (Wildman–Crippen LogP) is 2.99. The summed E-state index contributed by atoms with van der Waals surface area (Å²) in [5, 5.41) is 6.01. The number of nitrogens with one attached hydrogen (secondary N) is 2. The van der Waals surface area contributed by atoms with Crippen molar-refractivity contribution in [2.45, 2.75) is 6.92 Å². The van der Waals surface area contributed by atoms with Crippen LogP contribution in [0.2, 0.25) is 0 Å². The normalized spacial score (nSPS) is 10.1. The Morgan fingerprint density at radius 3 is 2.60 bits per heavy atom. The number of nitrogens with zero attached hydrogens (tertiary/aromatic N) is 1. The molecule has 0 radical (unpaired) electrons. The highest BCUT2D eigenvalue weighted by molar-refractivity contribution is 9.10. The van der Waals surface area contributed by atoms with Gasteiger partial charge in [0.25, 0.3) is 5.91 Å². The van der Waals surface area contributed by atoms with Gasteiger partial charge in [-0.3, -0.25) is 4.79 Å². The van der Waals surface area contributed by atoms with Crippen molar-refractivity contribution in [1.29, 1.82) is 0 Å². The van der Waals surface area contributed by atoms with E-state index < -0.39 is 0 Å². The lowest BCUT2D eigenvalue weighted by molar-refractivity contribution is 0.0955. The Labute approximate surface area is 126 Å². The van der Waals surface area contributed by atoms with Crippen LogP contribution in [-0.2, 0) is 0 Å². The lowest BCUT2D eigenvalue weighted by Crippen LogP contribution is -2.28. The first-order valence-corrected chi connectivity index (χ1v) is 7.16. The molecule has 0 aliphatic heterocycles. The first-order valence-electron chi connectivity index (χ1n) is 6.36. The highest BCUT2D eigenvalue weighted by atomic mass is 79.9. The molecule has 0 aliphatic rings. The summed E-state index contributed by atoms with van der Waals surface area (Å²) in [6.45, 7) is 3.17. The third kappa shape index (κ3) is 4.35. The van der Waals surface area contributed by atoms with Crippen molar-refractivity contribution in [3.05, 3.63) is 58.2 Å². The smallest absolute Gasteiger partial charge is 0.251 e. The number of carbonyl (C=O) groups is 1. The molecule has 1 heterocycles. The van der Waals surface area contributed by atoms with Gasteiger partial charge in [-0.05, 0) is 47.1 Å². The number of hydrogen-bond acceptors (Lipinski definition) is 3. The van der Waals surface area contributed by atoms with E-state index in [0.29, 0.717) is 18.7 Å². The molecular formula is C15H16BrN3O. The van der Waals surface area contributed by atoms with E-state index in [1.165, 1.54) is 0 Å². The quantitative estimate of drug-likeness (QED) is 0.653. The summed E-state index contributed by atoms with van der Waals surface area (Å²) in [4.78, 5) is 16.1. The fourth-order valence-electron chi connectivity index (χ4n) is 1.68. The number of rotatable bonds is 5. The van der Waals surface area contributed by atoms with Crippen LogP contribution in [0, 0.1) is 6.92 Å². The Kier molecular flexibility index (Phi) is 5.12. The van der Waals surface area contributed by atoms with Crippen LogP contribution < -0.4 is 10.6 Å². The van der Waals surface area contributed by atoms with Crippen molar-refractivity contribution < 1.29 is 4.79 Å². The van der Waals surface area contributed by atoms with E-state index in [9.17, 15) is 4.79 Å². The summed E-state index contributed by atoms with van der Waals surface area (Å²) < 4.78 is 0.784. The van der Waals surface area contributed by atoms with Crippen molar-refractivity contribution in [2.24, 2.45) is 0 Å². The lowest BCUT2D eigenvalue weighted by Gasteiger charge is -2.08. The molecule has 0 bridgehead atoms. The molecule has 0 saturated carbocycles. The largest absolute Gasteiger partial charge is 0.368 e. The number of carbonyl (C=O) groups excluding carboxylic acids is 1. The fraction of sp³-hybridized carbons (Fsp3) is 0.200. The molecule has 2 N–H and O–H groups in total. The number of halogens is 1. The van der Waals surface area contributed by atoms with Crippen molar-refractivity contribution in [2.75, 3.05) is 18.4 Å². The highest BCUT2D eigenvalue weighted by Gasteiger charge is 2.03. The fourth-order valence-corrected chi connectivity index (χ4v) is 2.02. The van der Waals surface area contributed by atoms with Crippen molar-refractivity contribution in [1.82, 2.24) is 10.3 Å². The van der Waals surface area contributed by atoms with E-state index >= 15 is 0 Å². The Morgan fingerprint density at radius 1 is 1.15 bits per heavy atom. The van der Waals surface area contributed by atoms with Crippen molar-refractivity contribution in [3.63, 3.8) is 0 Å². The van der Waals surface area contributed by atoms with Crippen LogP contribution in [0.1, 0.15) is 15.9 Å². The van der Waals surface area contributed by atoms with Gasteiger partial charge < -0.3 is 10.6 Å². The summed E-state index contributed by atoms with van der Waals surface area (Å²) in [6, 6.07) is 13.2. The van der Waals surface area contributed by atoms with Gasteiger partial charge >= 0.3 is 0 Å². The van der Waals surface area contributed by atoms with Gasteiger partial charge in [0, 0.05) is 18.7 Å². The van der Waals surface area contributed by atoms with Crippen molar-refractivity contribution >= 4 is 27.7 Å². The second kappa shape index (κ2) is 7.05. The number of hydrogen-bond donors (Lipinski definition) is 2. The van der Waals surface area contributed by atoms with E-state index in [0.717, 1.165) is 16.0 Å². The Morgan fingerprint density at radius 2 is 1.90 bits per heavy atom. The third-order valence-electron chi connectivity index (χ3n) is 2.75. The first-order chi connectivity index (χ1) is 9.65. The predicted molar refractivity (Wildman–Crippen MR) is 83.9 cm³/mol. The van der Waals surface area contributed by atoms with Crippen LogP contribution in [0.5, 0.6) is 0 Å². The monoisotopic (exact) mass is 333 g/mol. The van der Waals surface area contributed by atoms with E-state index in [1.54, 1.807) is 0 Å². The van der Waals surface area contributed by atoms with E-state index in [-0.39, 0.29) is 5.91 Å². The van der Waals surface area contributed by atoms with Gasteiger partial charge in [0.15, 0.2) is 0 Å². The molecule has 0 fully saturated rings. The van der Waals surface area contributed by atoms with Gasteiger partial charge in [-0.25, -0.2) is 4.98 Å². The molecule has 2 aromatic rings. The minimum absolute atomic E-state index is 0.0611. The van der Waals surface area contributed by atoms with Gasteiger partial charge in [-0.15, -0.1) is 0 Å². The zero-order valence-electron chi connectivity index (χ0n) is 11.2. The maximum Gasteiger partial charge on any atom is 0.251 e. The summed E-state index contributed by atoms with van der Waals surface area (Å²) in [5.74, 6) is 0.720. The van der Waals surface area contributed by atoms with Gasteiger partial charge in [-0.1, -0.05) is 23.8 Å². The second-order valence-corrected chi connectivity index (χ2v) is 5.21. The van der Waals surface area contributed by atoms with Gasteiger partial charge in [0.2, 0.25) is 0 Å². The lowest BCUT2D eigenvalue weighted by atomic mass is 10.1. The summed E-state index contributed by atoms with van der Waals surface area (Å²) in [7, 11) is 0. The van der Waals surface area contributed by atoms with Gasteiger partial charge in [0.1, 0.15) is 10.4 Å². The molecule has 20 heavy (non-hydrogen) atoms. The van der Waals surface area contributed by atoms with Crippen LogP contribution in [-0.4, -0.2) is 24.0 Å². The summed E-state index contributed by atoms with van der Waals surface area (Å²) >= 11 is 3.31. The number of pyridine rings is 1. The summed E-state index contributed by atoms with van der Waals surface area (Å²) in [6.07, 6.45) is 0. The molecular weight excluding hydrogens is 318 g/mol. The van der Waals surface area contributed by atoms with E-state index in [4.69, 9.17) is 0 Å². The average Bonchev–Trinajstić information content (AvgIpc) is 2.44. The van der Waals surface area contributed by atoms with E-state index in [1.807, 2.05) is 49.4 Å². The van der Waals surface area contributed by atoms with Crippen LogP contribution in [0.15, 0.2) is 47.1 Å². The molecule has 1 aromatic carbocycles. The number of benzene rings is 1. The minimum Gasteiger partial charge on any atom is -0.368 e. The molecule has 2 rings (SSSR count). The Bertz CT molecular complexity index is 584. The average molecular weight is 334 g/mol. The number of anilines is 1. The standard InChI is InChI=1S/C15H16BrN3O/c1-11-5-7-12(8-6-11)15(20)18-10-9-17-14-4-2-3-13(16)19-14/h2-8H,9-10H2,1H3,(H,17,19)(H,18,20). The minimum atomic E-state index is -0.0611. The number of aromatic nitrogens is 1. The third-order valence-corrected chi connectivity index (χ3v) is 3.19. The molecule has 0 saturated heterocycles. The van der Waals surface area contributed by atoms with Crippen molar-refractivity contribution in [3.8, 4) is 0 Å². The van der Waals surface area contributed by atoms with Gasteiger partial charge in [-0.2, -0.15) is 0 Å². The van der Waals surface area contributed by atoms with Crippen LogP contribution in [0.25, 0.3) is 0 Å². The maximum atomic E-state index is 11.9. The highest BCUT2D eigenvalue weighted by Crippen LogP contribution is 2.09. The summed E-state index contributed by atoms with van der Waals surface area (Å²) in [5.41, 5.74) is 1.82. The molecule has 0 aliphatic carbocycles. The number of aryl methyl sites for hydroxylation is 1. The van der Waals surface area contributed by atoms with Crippen LogP contribution >= 0.6 is 15.9 Å². The SMILES string of the molecule is Cc1ccc(C(=O)NCCNc2cccc(Br)n2)cc1. The molecule has 104 valence electrons. The zero-order valence-corrected chi connectivity index (χ0v) is 12.8. The Balaban J connectivity index is 1.76. The molecule has 1 amide bonds. The molecule has 0 unspecified atom stereocenters. The number of amides is 1. The van der Waals surface area contributed by atoms with Gasteiger partial charge in [0.05, 0.1) is 0 Å². The van der Waals surface area contributed by atoms with E-state index in [2.05, 4.69) is 31.5 Å². The van der Waals surface area contributed by atoms with Crippen LogP contribution in [0.3, 0.4) is 0 Å². The van der Waals surface area contributed by atoms with Crippen LogP contribution in [0.4, 0.5) is 5.82 Å². The maximum absolute atomic E-state index is 11.9. The Hall–Kier alpha value is -1.88. The molecule has 5 heteroatoms. The molecule has 0 atom stereocenters. The molecule has 0 spiro atoms.